The maximum Gasteiger partial charge on any atom is 0.156 e. The molecule has 0 radical (unpaired) electrons. The van der Waals surface area contributed by atoms with E-state index in [2.05, 4.69) is 5.32 Å². The molecule has 0 aliphatic heterocycles. The van der Waals surface area contributed by atoms with Crippen LogP contribution in [-0.4, -0.2) is 25.5 Å². The third-order valence-corrected chi connectivity index (χ3v) is 5.63. The Morgan fingerprint density at radius 2 is 1.94 bits per heavy atom. The monoisotopic (exact) mass is 289 g/mol. The van der Waals surface area contributed by atoms with Crippen molar-refractivity contribution in [3.63, 3.8) is 0 Å². The van der Waals surface area contributed by atoms with Crippen LogP contribution in [0.15, 0.2) is 24.3 Å². The van der Waals surface area contributed by atoms with Crippen molar-refractivity contribution in [3.8, 4) is 0 Å². The minimum atomic E-state index is -3.07. The summed E-state index contributed by atoms with van der Waals surface area (Å²) in [5, 5.41) is 3.11. The van der Waals surface area contributed by atoms with Crippen molar-refractivity contribution >= 4 is 27.1 Å². The molecule has 0 aliphatic carbocycles. The average Bonchev–Trinajstić information content (AvgIpc) is 2.27. The van der Waals surface area contributed by atoms with Crippen molar-refractivity contribution in [2.24, 2.45) is 0 Å². The molecule has 0 amide bonds. The minimum Gasteiger partial charge on any atom is -0.384 e. The highest BCUT2D eigenvalue weighted by Crippen LogP contribution is 2.16. The summed E-state index contributed by atoms with van der Waals surface area (Å²) in [5.74, 6) is 0.581. The lowest BCUT2D eigenvalue weighted by Crippen LogP contribution is -2.32. The number of hydrogen-bond donors (Lipinski definition) is 1. The molecule has 0 unspecified atom stereocenters. The molecule has 0 bridgehead atoms. The predicted molar refractivity (Wildman–Crippen MR) is 78.0 cm³/mol. The van der Waals surface area contributed by atoms with E-state index in [1.165, 1.54) is 0 Å². The normalized spacial score (nSPS) is 12.4. The highest BCUT2D eigenvalue weighted by atomic mass is 35.5. The van der Waals surface area contributed by atoms with Gasteiger partial charge in [0, 0.05) is 18.1 Å². The van der Waals surface area contributed by atoms with Gasteiger partial charge in [-0.25, -0.2) is 8.42 Å². The Kier molecular flexibility index (Phi) is 5.05. The van der Waals surface area contributed by atoms with Gasteiger partial charge in [0.2, 0.25) is 0 Å². The highest BCUT2D eigenvalue weighted by Gasteiger charge is 2.28. The third-order valence-electron chi connectivity index (χ3n) is 2.71. The molecule has 102 valence electrons. The molecule has 0 spiro atoms. The molecule has 0 saturated heterocycles. The van der Waals surface area contributed by atoms with E-state index in [-0.39, 0.29) is 5.75 Å². The lowest BCUT2D eigenvalue weighted by Gasteiger charge is -2.19. The van der Waals surface area contributed by atoms with Crippen LogP contribution in [0.4, 0.5) is 5.69 Å². The molecule has 3 nitrogen and oxygen atoms in total. The van der Waals surface area contributed by atoms with Crippen LogP contribution >= 0.6 is 11.6 Å². The van der Waals surface area contributed by atoms with Gasteiger partial charge in [0.15, 0.2) is 9.84 Å². The van der Waals surface area contributed by atoms with Crippen molar-refractivity contribution in [1.29, 1.82) is 0 Å². The largest absolute Gasteiger partial charge is 0.384 e. The first-order valence-electron chi connectivity index (χ1n) is 5.87. The van der Waals surface area contributed by atoms with Crippen LogP contribution in [-0.2, 0) is 15.7 Å². The van der Waals surface area contributed by atoms with Crippen LogP contribution in [0.5, 0.6) is 0 Å². The number of benzene rings is 1. The zero-order chi connectivity index (χ0) is 13.8. The number of anilines is 1. The molecule has 0 heterocycles. The number of sulfone groups is 1. The summed E-state index contributed by atoms with van der Waals surface area (Å²) in [5.41, 5.74) is 1.91. The van der Waals surface area contributed by atoms with Crippen LogP contribution in [0.3, 0.4) is 0 Å². The molecular weight excluding hydrogens is 270 g/mol. The molecule has 1 rings (SSSR count). The summed E-state index contributed by atoms with van der Waals surface area (Å²) >= 11 is 5.74. The molecule has 1 aromatic carbocycles. The van der Waals surface area contributed by atoms with Crippen molar-refractivity contribution in [3.05, 3.63) is 29.8 Å². The van der Waals surface area contributed by atoms with Gasteiger partial charge in [0.1, 0.15) is 0 Å². The smallest absolute Gasteiger partial charge is 0.156 e. The van der Waals surface area contributed by atoms with Crippen LogP contribution in [0, 0.1) is 0 Å². The van der Waals surface area contributed by atoms with E-state index < -0.39 is 14.6 Å². The summed E-state index contributed by atoms with van der Waals surface area (Å²) in [6.45, 7) is 5.56. The quantitative estimate of drug-likeness (QED) is 0.848. The van der Waals surface area contributed by atoms with Gasteiger partial charge in [-0.3, -0.25) is 0 Å². The van der Waals surface area contributed by atoms with Crippen LogP contribution < -0.4 is 5.32 Å². The van der Waals surface area contributed by atoms with Crippen molar-refractivity contribution in [1.82, 2.24) is 0 Å². The second-order valence-corrected chi connectivity index (χ2v) is 8.32. The predicted octanol–water partition coefficient (Wildman–Crippen LogP) is 3.05. The van der Waals surface area contributed by atoms with Gasteiger partial charge in [-0.05, 0) is 38.5 Å². The maximum absolute atomic E-state index is 11.9. The Morgan fingerprint density at radius 3 is 2.50 bits per heavy atom. The Balaban J connectivity index is 2.57. The first-order valence-corrected chi connectivity index (χ1v) is 8.06. The van der Waals surface area contributed by atoms with Gasteiger partial charge >= 0.3 is 0 Å². The molecule has 0 fully saturated rings. The highest BCUT2D eigenvalue weighted by molar-refractivity contribution is 7.92. The van der Waals surface area contributed by atoms with E-state index in [1.54, 1.807) is 20.8 Å². The first kappa shape index (κ1) is 15.3. The van der Waals surface area contributed by atoms with E-state index in [0.29, 0.717) is 12.4 Å². The second kappa shape index (κ2) is 5.93. The molecule has 18 heavy (non-hydrogen) atoms. The van der Waals surface area contributed by atoms with Crippen molar-refractivity contribution < 1.29 is 8.42 Å². The minimum absolute atomic E-state index is 0.127. The Bertz CT molecular complexity index is 492. The molecule has 0 saturated carbocycles. The zero-order valence-electron chi connectivity index (χ0n) is 11.0. The van der Waals surface area contributed by atoms with E-state index in [9.17, 15) is 8.42 Å². The van der Waals surface area contributed by atoms with Gasteiger partial charge in [-0.2, -0.15) is 0 Å². The summed E-state index contributed by atoms with van der Waals surface area (Å²) in [4.78, 5) is 0. The fourth-order valence-electron chi connectivity index (χ4n) is 1.40. The number of nitrogens with one attached hydrogen (secondary N) is 1. The maximum atomic E-state index is 11.9. The number of alkyl halides is 1. The number of rotatable bonds is 5. The number of halogens is 1. The number of hydrogen-bond acceptors (Lipinski definition) is 3. The standard InChI is InChI=1S/C13H20ClNO2S/c1-13(2,3)18(16,17)8-7-15-12-6-4-5-11(9-12)10-14/h4-6,9,15H,7-8,10H2,1-3H3. The molecule has 0 aliphatic rings. The van der Waals surface area contributed by atoms with Crippen LogP contribution in [0.25, 0.3) is 0 Å². The SMILES string of the molecule is CC(C)(C)S(=O)(=O)CCNc1cccc(CCl)c1. The molecule has 5 heteroatoms. The van der Waals surface area contributed by atoms with E-state index in [4.69, 9.17) is 11.6 Å². The van der Waals surface area contributed by atoms with E-state index >= 15 is 0 Å². The Hall–Kier alpha value is -0.740. The van der Waals surface area contributed by atoms with E-state index in [0.717, 1.165) is 11.3 Å². The average molecular weight is 290 g/mol. The fraction of sp³-hybridized carbons (Fsp3) is 0.538. The molecule has 1 N–H and O–H groups in total. The van der Waals surface area contributed by atoms with Crippen LogP contribution in [0.1, 0.15) is 26.3 Å². The van der Waals surface area contributed by atoms with Gasteiger partial charge in [0.25, 0.3) is 0 Å². The molecule has 0 atom stereocenters. The first-order chi connectivity index (χ1) is 8.26. The Morgan fingerprint density at radius 1 is 1.28 bits per heavy atom. The van der Waals surface area contributed by atoms with Crippen LogP contribution in [0.2, 0.25) is 0 Å². The zero-order valence-corrected chi connectivity index (χ0v) is 12.6. The lowest BCUT2D eigenvalue weighted by molar-refractivity contribution is 0.560. The molecular formula is C13H20ClNO2S. The van der Waals surface area contributed by atoms with Gasteiger partial charge < -0.3 is 5.32 Å². The van der Waals surface area contributed by atoms with Crippen molar-refractivity contribution in [2.75, 3.05) is 17.6 Å². The van der Waals surface area contributed by atoms with Gasteiger partial charge in [-0.15, -0.1) is 11.6 Å². The van der Waals surface area contributed by atoms with Gasteiger partial charge in [-0.1, -0.05) is 12.1 Å². The molecule has 0 aromatic heterocycles. The van der Waals surface area contributed by atoms with Crippen molar-refractivity contribution in [2.45, 2.75) is 31.4 Å². The summed E-state index contributed by atoms with van der Waals surface area (Å²) in [6.07, 6.45) is 0. The second-order valence-electron chi connectivity index (χ2n) is 5.19. The fourth-order valence-corrected chi connectivity index (χ4v) is 2.55. The lowest BCUT2D eigenvalue weighted by atomic mass is 10.2. The van der Waals surface area contributed by atoms with Gasteiger partial charge in [0.05, 0.1) is 10.5 Å². The summed E-state index contributed by atoms with van der Waals surface area (Å²) < 4.78 is 23.1. The third kappa shape index (κ3) is 4.18. The summed E-state index contributed by atoms with van der Waals surface area (Å²) in [6, 6.07) is 7.67. The topological polar surface area (TPSA) is 46.2 Å². The molecule has 1 aromatic rings. The summed E-state index contributed by atoms with van der Waals surface area (Å²) in [7, 11) is -3.07. The Labute approximate surface area is 114 Å². The van der Waals surface area contributed by atoms with E-state index in [1.807, 2.05) is 24.3 Å².